The molecule has 0 aromatic carbocycles. The maximum atomic E-state index is 12.4. The zero-order chi connectivity index (χ0) is 14.2. The van der Waals surface area contributed by atoms with Crippen molar-refractivity contribution in [1.29, 1.82) is 0 Å². The van der Waals surface area contributed by atoms with Crippen molar-refractivity contribution in [3.8, 4) is 0 Å². The minimum atomic E-state index is -0.162. The number of nitrogens with zero attached hydrogens (tertiary/aromatic N) is 2. The smallest absolute Gasteiger partial charge is 0.253 e. The Kier molecular flexibility index (Phi) is 3.91. The second-order valence-corrected chi connectivity index (χ2v) is 5.86. The van der Waals surface area contributed by atoms with Gasteiger partial charge in [-0.15, -0.1) is 0 Å². The second-order valence-electron chi connectivity index (χ2n) is 4.70. The molecule has 102 valence electrons. The van der Waals surface area contributed by atoms with E-state index < -0.39 is 0 Å². The lowest BCUT2D eigenvalue weighted by atomic mass is 9.96. The fourth-order valence-electron chi connectivity index (χ4n) is 2.04. The molecule has 1 aromatic rings. The summed E-state index contributed by atoms with van der Waals surface area (Å²) in [6.07, 6.45) is 0. The zero-order valence-electron chi connectivity index (χ0n) is 11.4. The van der Waals surface area contributed by atoms with Crippen molar-refractivity contribution in [2.24, 2.45) is 0 Å². The third kappa shape index (κ3) is 2.50. The highest BCUT2D eigenvalue weighted by molar-refractivity contribution is 7.80. The highest BCUT2D eigenvalue weighted by Gasteiger charge is 2.33. The lowest BCUT2D eigenvalue weighted by molar-refractivity contribution is -0.125. The van der Waals surface area contributed by atoms with Gasteiger partial charge in [0.25, 0.3) is 5.91 Å². The van der Waals surface area contributed by atoms with Gasteiger partial charge in [0.1, 0.15) is 0 Å². The van der Waals surface area contributed by atoms with Crippen LogP contribution in [0, 0.1) is 0 Å². The number of hydrogen-bond acceptors (Lipinski definition) is 3. The monoisotopic (exact) mass is 295 g/mol. The first-order chi connectivity index (χ1) is 8.93. The van der Waals surface area contributed by atoms with Gasteiger partial charge in [-0.1, -0.05) is 0 Å². The van der Waals surface area contributed by atoms with Crippen LogP contribution in [0.3, 0.4) is 0 Å². The minimum Gasteiger partial charge on any atom is -0.351 e. The molecular weight excluding hydrogens is 278 g/mol. The van der Waals surface area contributed by atoms with E-state index in [9.17, 15) is 4.79 Å². The fourth-order valence-corrected chi connectivity index (χ4v) is 2.98. The van der Waals surface area contributed by atoms with Gasteiger partial charge in [0.05, 0.1) is 11.6 Å². The molecule has 1 aliphatic rings. The molecule has 4 nitrogen and oxygen atoms in total. The molecule has 2 heterocycles. The highest BCUT2D eigenvalue weighted by Crippen LogP contribution is 2.31. The fraction of sp³-hybridized carbons (Fsp3) is 0.385. The average molecular weight is 295 g/mol. The normalized spacial score (nSPS) is 19.5. The van der Waals surface area contributed by atoms with Crippen LogP contribution >= 0.6 is 23.6 Å². The molecule has 1 aliphatic heterocycles. The van der Waals surface area contributed by atoms with Gasteiger partial charge in [-0.25, -0.2) is 0 Å². The molecule has 0 fully saturated rings. The van der Waals surface area contributed by atoms with Gasteiger partial charge in [-0.3, -0.25) is 4.79 Å². The van der Waals surface area contributed by atoms with Crippen molar-refractivity contribution in [3.05, 3.63) is 33.7 Å². The average Bonchev–Trinajstić information content (AvgIpc) is 2.88. The maximum absolute atomic E-state index is 12.4. The van der Waals surface area contributed by atoms with E-state index in [1.165, 1.54) is 0 Å². The third-order valence-electron chi connectivity index (χ3n) is 3.27. The zero-order valence-corrected chi connectivity index (χ0v) is 13.1. The Morgan fingerprint density at radius 2 is 2.21 bits per heavy atom. The molecule has 0 aliphatic carbocycles. The van der Waals surface area contributed by atoms with Crippen LogP contribution in [-0.4, -0.2) is 42.0 Å². The van der Waals surface area contributed by atoms with E-state index in [-0.39, 0.29) is 11.9 Å². The molecule has 1 aromatic heterocycles. The van der Waals surface area contributed by atoms with Crippen LogP contribution in [0.1, 0.15) is 18.5 Å². The lowest BCUT2D eigenvalue weighted by Gasteiger charge is -2.36. The summed E-state index contributed by atoms with van der Waals surface area (Å²) < 4.78 is 0. The number of carbonyl (C=O) groups is 1. The van der Waals surface area contributed by atoms with Crippen LogP contribution in [0.15, 0.2) is 28.1 Å². The van der Waals surface area contributed by atoms with Crippen molar-refractivity contribution in [3.63, 3.8) is 0 Å². The van der Waals surface area contributed by atoms with Crippen molar-refractivity contribution >= 4 is 34.6 Å². The summed E-state index contributed by atoms with van der Waals surface area (Å²) in [7, 11) is 5.40. The number of rotatable bonds is 2. The van der Waals surface area contributed by atoms with Crippen molar-refractivity contribution < 1.29 is 4.79 Å². The van der Waals surface area contributed by atoms with Gasteiger partial charge in [0.15, 0.2) is 5.11 Å². The number of likely N-dealkylation sites (N-methyl/N-ethyl adjacent to an activating group) is 1. The molecule has 2 rings (SSSR count). The van der Waals surface area contributed by atoms with E-state index in [1.54, 1.807) is 30.3 Å². The minimum absolute atomic E-state index is 0.00977. The summed E-state index contributed by atoms with van der Waals surface area (Å²) in [6.45, 7) is 1.93. The van der Waals surface area contributed by atoms with Gasteiger partial charge in [-0.05, 0) is 41.5 Å². The molecule has 0 saturated heterocycles. The molecule has 1 N–H and O–H groups in total. The summed E-state index contributed by atoms with van der Waals surface area (Å²) in [4.78, 5) is 15.9. The largest absolute Gasteiger partial charge is 0.351 e. The number of hydrogen-bond donors (Lipinski definition) is 1. The predicted molar refractivity (Wildman–Crippen MR) is 82.0 cm³/mol. The van der Waals surface area contributed by atoms with E-state index in [2.05, 4.69) is 5.32 Å². The molecule has 0 bridgehead atoms. The Balaban J connectivity index is 2.52. The van der Waals surface area contributed by atoms with E-state index in [0.29, 0.717) is 5.11 Å². The number of thiophene rings is 1. The van der Waals surface area contributed by atoms with Crippen LogP contribution in [-0.2, 0) is 4.79 Å². The summed E-state index contributed by atoms with van der Waals surface area (Å²) >= 11 is 6.94. The van der Waals surface area contributed by atoms with Crippen LogP contribution in [0.2, 0.25) is 0 Å². The first-order valence-electron chi connectivity index (χ1n) is 5.92. The van der Waals surface area contributed by atoms with Gasteiger partial charge < -0.3 is 15.1 Å². The van der Waals surface area contributed by atoms with E-state index in [4.69, 9.17) is 12.2 Å². The van der Waals surface area contributed by atoms with Crippen molar-refractivity contribution in [1.82, 2.24) is 15.1 Å². The molecule has 1 unspecified atom stereocenters. The van der Waals surface area contributed by atoms with Crippen LogP contribution in [0.4, 0.5) is 0 Å². The molecule has 0 saturated carbocycles. The van der Waals surface area contributed by atoms with Crippen LogP contribution in [0.5, 0.6) is 0 Å². The Morgan fingerprint density at radius 1 is 1.53 bits per heavy atom. The topological polar surface area (TPSA) is 35.6 Å². The van der Waals surface area contributed by atoms with Crippen molar-refractivity contribution in [2.45, 2.75) is 13.0 Å². The van der Waals surface area contributed by atoms with Gasteiger partial charge >= 0.3 is 0 Å². The molecule has 0 spiro atoms. The molecule has 1 amide bonds. The van der Waals surface area contributed by atoms with Gasteiger partial charge in [0.2, 0.25) is 0 Å². The van der Waals surface area contributed by atoms with Crippen LogP contribution in [0.25, 0.3) is 0 Å². The Hall–Kier alpha value is -1.40. The Morgan fingerprint density at radius 3 is 2.74 bits per heavy atom. The van der Waals surface area contributed by atoms with Gasteiger partial charge in [-0.2, -0.15) is 11.3 Å². The quantitative estimate of drug-likeness (QED) is 0.846. The summed E-state index contributed by atoms with van der Waals surface area (Å²) in [5.74, 6) is 0.00977. The number of thiocarbonyl (C=S) groups is 1. The summed E-state index contributed by atoms with van der Waals surface area (Å²) in [5, 5.41) is 7.93. The highest BCUT2D eigenvalue weighted by atomic mass is 32.1. The molecule has 1 atom stereocenters. The van der Waals surface area contributed by atoms with Gasteiger partial charge in [0, 0.05) is 26.8 Å². The molecular formula is C13H17N3OS2. The predicted octanol–water partition coefficient (Wildman–Crippen LogP) is 1.97. The maximum Gasteiger partial charge on any atom is 0.253 e. The SMILES string of the molecule is CC1=C(C(=O)N(C)C)C(c2ccsc2)NC(=S)N1C. The lowest BCUT2D eigenvalue weighted by Crippen LogP contribution is -2.47. The number of amides is 1. The van der Waals surface area contributed by atoms with E-state index >= 15 is 0 Å². The second kappa shape index (κ2) is 5.30. The van der Waals surface area contributed by atoms with Crippen molar-refractivity contribution in [2.75, 3.05) is 21.1 Å². The first kappa shape index (κ1) is 14.0. The van der Waals surface area contributed by atoms with Crippen LogP contribution < -0.4 is 5.32 Å². The first-order valence-corrected chi connectivity index (χ1v) is 7.27. The Labute approximate surface area is 122 Å². The van der Waals surface area contributed by atoms with E-state index in [1.807, 2.05) is 35.7 Å². The third-order valence-corrected chi connectivity index (χ3v) is 4.36. The summed E-state index contributed by atoms with van der Waals surface area (Å²) in [5.41, 5.74) is 2.73. The number of allylic oxidation sites excluding steroid dienone is 1. The number of nitrogens with one attached hydrogen (secondary N) is 1. The molecule has 0 radical (unpaired) electrons. The standard InChI is InChI=1S/C13H17N3OS2/c1-8-10(12(17)15(2)3)11(9-5-6-19-7-9)14-13(18)16(8)4/h5-7,11H,1-4H3,(H,14,18). The summed E-state index contributed by atoms with van der Waals surface area (Å²) in [6, 6.07) is 1.86. The van der Waals surface area contributed by atoms with E-state index in [0.717, 1.165) is 16.8 Å². The molecule has 6 heteroatoms. The Bertz CT molecular complexity index is 534. The molecule has 19 heavy (non-hydrogen) atoms. The number of carbonyl (C=O) groups excluding carboxylic acids is 1.